The Kier molecular flexibility index (Phi) is 3.57. The molecule has 1 atom stereocenters. The number of aryl methyl sites for hydroxylation is 1. The molecule has 1 aliphatic rings. The lowest BCUT2D eigenvalue weighted by molar-refractivity contribution is -0.121. The number of carbonyl (C=O) groups is 2. The number of H-pyrrole nitrogens is 1. The van der Waals surface area contributed by atoms with Gasteiger partial charge in [-0.2, -0.15) is 0 Å². The van der Waals surface area contributed by atoms with Crippen molar-refractivity contribution in [2.24, 2.45) is 0 Å². The molecule has 0 saturated carbocycles. The Morgan fingerprint density at radius 3 is 2.72 bits per heavy atom. The summed E-state index contributed by atoms with van der Waals surface area (Å²) in [5.41, 5.74) is 3.38. The van der Waals surface area contributed by atoms with E-state index >= 15 is 0 Å². The number of aromatic amines is 1. The summed E-state index contributed by atoms with van der Waals surface area (Å²) in [7, 11) is 1.56. The number of nitrogens with one attached hydrogen (secondary N) is 1. The summed E-state index contributed by atoms with van der Waals surface area (Å²) in [5, 5.41) is 0.999. The van der Waals surface area contributed by atoms with Gasteiger partial charge in [-0.05, 0) is 30.7 Å². The van der Waals surface area contributed by atoms with Crippen LogP contribution in [0.3, 0.4) is 0 Å². The van der Waals surface area contributed by atoms with E-state index in [-0.39, 0.29) is 18.2 Å². The predicted octanol–water partition coefficient (Wildman–Crippen LogP) is 3.53. The average molecular weight is 334 g/mol. The second-order valence-electron chi connectivity index (χ2n) is 6.23. The Balaban J connectivity index is 1.77. The normalized spacial score (nSPS) is 17.5. The highest BCUT2D eigenvalue weighted by Gasteiger charge is 2.42. The summed E-state index contributed by atoms with van der Waals surface area (Å²) in [6, 6.07) is 14.9. The van der Waals surface area contributed by atoms with Gasteiger partial charge in [0.1, 0.15) is 5.75 Å². The molecule has 0 aliphatic carbocycles. The summed E-state index contributed by atoms with van der Waals surface area (Å²) >= 11 is 0. The molecule has 0 bridgehead atoms. The molecule has 1 N–H and O–H groups in total. The monoisotopic (exact) mass is 334 g/mol. The molecule has 25 heavy (non-hydrogen) atoms. The van der Waals surface area contributed by atoms with Crippen LogP contribution in [0.1, 0.15) is 23.6 Å². The molecule has 1 saturated heterocycles. The van der Waals surface area contributed by atoms with E-state index in [1.54, 1.807) is 31.4 Å². The zero-order valence-electron chi connectivity index (χ0n) is 14.1. The standard InChI is InChI=1S/C20H18N2O3/c1-12-19(15-8-3-4-9-17(15)21-12)16-11-18(23)22(20(16)24)13-6-5-7-14(10-13)25-2/h3-10,16,21H,11H2,1-2H3. The van der Waals surface area contributed by atoms with E-state index in [2.05, 4.69) is 4.98 Å². The fourth-order valence-electron chi connectivity index (χ4n) is 3.63. The SMILES string of the molecule is COc1cccc(N2C(=O)CC(c3c(C)[nH]c4ccccc34)C2=O)c1. The van der Waals surface area contributed by atoms with Crippen molar-refractivity contribution in [3.05, 3.63) is 59.8 Å². The van der Waals surface area contributed by atoms with Gasteiger partial charge in [0.2, 0.25) is 11.8 Å². The van der Waals surface area contributed by atoms with E-state index in [1.807, 2.05) is 31.2 Å². The lowest BCUT2D eigenvalue weighted by atomic mass is 9.94. The van der Waals surface area contributed by atoms with Gasteiger partial charge < -0.3 is 9.72 Å². The zero-order chi connectivity index (χ0) is 17.6. The van der Waals surface area contributed by atoms with E-state index < -0.39 is 5.92 Å². The zero-order valence-corrected chi connectivity index (χ0v) is 14.1. The molecule has 2 aromatic carbocycles. The highest BCUT2D eigenvalue weighted by Crippen LogP contribution is 2.38. The molecular formula is C20H18N2O3. The number of fused-ring (bicyclic) bond motifs is 1. The van der Waals surface area contributed by atoms with Crippen molar-refractivity contribution in [1.29, 1.82) is 0 Å². The van der Waals surface area contributed by atoms with Crippen molar-refractivity contribution >= 4 is 28.4 Å². The van der Waals surface area contributed by atoms with Crippen LogP contribution in [0.15, 0.2) is 48.5 Å². The second-order valence-corrected chi connectivity index (χ2v) is 6.23. The van der Waals surface area contributed by atoms with Gasteiger partial charge in [0.25, 0.3) is 0 Å². The predicted molar refractivity (Wildman–Crippen MR) is 95.9 cm³/mol. The maximum Gasteiger partial charge on any atom is 0.241 e. The molecule has 1 fully saturated rings. The number of methoxy groups -OCH3 is 1. The quantitative estimate of drug-likeness (QED) is 0.745. The lowest BCUT2D eigenvalue weighted by Crippen LogP contribution is -2.30. The Labute approximate surface area is 145 Å². The second kappa shape index (κ2) is 5.77. The first-order valence-corrected chi connectivity index (χ1v) is 8.18. The van der Waals surface area contributed by atoms with Crippen molar-refractivity contribution in [2.75, 3.05) is 12.0 Å². The number of rotatable bonds is 3. The third-order valence-electron chi connectivity index (χ3n) is 4.75. The number of hydrogen-bond donors (Lipinski definition) is 1. The maximum atomic E-state index is 13.1. The molecule has 0 spiro atoms. The lowest BCUT2D eigenvalue weighted by Gasteiger charge is -2.16. The van der Waals surface area contributed by atoms with Crippen LogP contribution in [0.4, 0.5) is 5.69 Å². The summed E-state index contributed by atoms with van der Waals surface area (Å²) in [5.74, 6) is -0.223. The number of carbonyl (C=O) groups excluding carboxylic acids is 2. The summed E-state index contributed by atoms with van der Waals surface area (Å²) < 4.78 is 5.21. The molecule has 5 heteroatoms. The van der Waals surface area contributed by atoms with Gasteiger partial charge in [-0.1, -0.05) is 24.3 Å². The Morgan fingerprint density at radius 1 is 1.12 bits per heavy atom. The van der Waals surface area contributed by atoms with E-state index in [9.17, 15) is 9.59 Å². The first kappa shape index (κ1) is 15.4. The smallest absolute Gasteiger partial charge is 0.241 e. The molecule has 1 aromatic heterocycles. The van der Waals surface area contributed by atoms with Crippen LogP contribution in [0, 0.1) is 6.92 Å². The van der Waals surface area contributed by atoms with Crippen molar-refractivity contribution in [1.82, 2.24) is 4.98 Å². The topological polar surface area (TPSA) is 62.4 Å². The number of imide groups is 1. The number of para-hydroxylation sites is 1. The Hall–Kier alpha value is -3.08. The fraction of sp³-hybridized carbons (Fsp3) is 0.200. The molecule has 1 aliphatic heterocycles. The number of benzene rings is 2. The minimum absolute atomic E-state index is 0.179. The maximum absolute atomic E-state index is 13.1. The minimum atomic E-state index is -0.463. The molecule has 2 heterocycles. The van der Waals surface area contributed by atoms with Crippen molar-refractivity contribution in [3.63, 3.8) is 0 Å². The molecule has 5 nitrogen and oxygen atoms in total. The highest BCUT2D eigenvalue weighted by molar-refractivity contribution is 6.23. The van der Waals surface area contributed by atoms with Crippen LogP contribution in [-0.4, -0.2) is 23.9 Å². The first-order valence-electron chi connectivity index (χ1n) is 8.18. The van der Waals surface area contributed by atoms with Crippen LogP contribution < -0.4 is 9.64 Å². The van der Waals surface area contributed by atoms with E-state index in [0.29, 0.717) is 11.4 Å². The summed E-state index contributed by atoms with van der Waals surface area (Å²) in [6.45, 7) is 1.95. The van der Waals surface area contributed by atoms with Gasteiger partial charge >= 0.3 is 0 Å². The number of hydrogen-bond acceptors (Lipinski definition) is 3. The van der Waals surface area contributed by atoms with E-state index in [4.69, 9.17) is 4.74 Å². The van der Waals surface area contributed by atoms with Crippen LogP contribution in [0.5, 0.6) is 5.75 Å². The van der Waals surface area contributed by atoms with Gasteiger partial charge in [0, 0.05) is 29.1 Å². The van der Waals surface area contributed by atoms with Crippen LogP contribution >= 0.6 is 0 Å². The largest absolute Gasteiger partial charge is 0.497 e. The van der Waals surface area contributed by atoms with Crippen molar-refractivity contribution in [2.45, 2.75) is 19.3 Å². The summed E-state index contributed by atoms with van der Waals surface area (Å²) in [6.07, 6.45) is 0.179. The van der Waals surface area contributed by atoms with Gasteiger partial charge in [-0.25, -0.2) is 4.90 Å². The van der Waals surface area contributed by atoms with Crippen molar-refractivity contribution in [3.8, 4) is 5.75 Å². The molecule has 4 rings (SSSR count). The number of anilines is 1. The minimum Gasteiger partial charge on any atom is -0.497 e. The third-order valence-corrected chi connectivity index (χ3v) is 4.75. The van der Waals surface area contributed by atoms with Crippen molar-refractivity contribution < 1.29 is 14.3 Å². The molecule has 3 aromatic rings. The van der Waals surface area contributed by atoms with Gasteiger partial charge in [-0.3, -0.25) is 9.59 Å². The van der Waals surface area contributed by atoms with E-state index in [0.717, 1.165) is 22.2 Å². The molecule has 1 unspecified atom stereocenters. The number of amides is 2. The van der Waals surface area contributed by atoms with Gasteiger partial charge in [-0.15, -0.1) is 0 Å². The Bertz CT molecular complexity index is 990. The fourth-order valence-corrected chi connectivity index (χ4v) is 3.63. The Morgan fingerprint density at radius 2 is 1.92 bits per heavy atom. The number of aromatic nitrogens is 1. The average Bonchev–Trinajstić information content (AvgIpc) is 3.10. The van der Waals surface area contributed by atoms with Crippen LogP contribution in [0.25, 0.3) is 10.9 Å². The molecule has 2 amide bonds. The van der Waals surface area contributed by atoms with Crippen LogP contribution in [-0.2, 0) is 9.59 Å². The summed E-state index contributed by atoms with van der Waals surface area (Å²) in [4.78, 5) is 30.2. The van der Waals surface area contributed by atoms with Crippen LogP contribution in [0.2, 0.25) is 0 Å². The molecule has 0 radical (unpaired) electrons. The van der Waals surface area contributed by atoms with Gasteiger partial charge in [0.05, 0.1) is 18.7 Å². The number of nitrogens with zero attached hydrogens (tertiary/aromatic N) is 1. The highest BCUT2D eigenvalue weighted by atomic mass is 16.5. The molecule has 126 valence electrons. The molecular weight excluding hydrogens is 316 g/mol. The van der Waals surface area contributed by atoms with Gasteiger partial charge in [0.15, 0.2) is 0 Å². The van der Waals surface area contributed by atoms with E-state index in [1.165, 1.54) is 4.90 Å². The number of ether oxygens (including phenoxy) is 1. The third kappa shape index (κ3) is 2.39. The first-order chi connectivity index (χ1) is 12.1.